The molecule has 0 saturated carbocycles. The fourth-order valence-electron chi connectivity index (χ4n) is 1.32. The lowest BCUT2D eigenvalue weighted by molar-refractivity contribution is -0.112. The summed E-state index contributed by atoms with van der Waals surface area (Å²) in [5, 5.41) is 1.00. The van der Waals surface area contributed by atoms with E-state index >= 15 is 0 Å². The first-order valence-corrected chi connectivity index (χ1v) is 4.15. The lowest BCUT2D eigenvalue weighted by Crippen LogP contribution is -2.06. The number of nitrogens with two attached hydrogens (primary N) is 1. The van der Waals surface area contributed by atoms with Crippen molar-refractivity contribution in [1.29, 1.82) is 0 Å². The zero-order chi connectivity index (χ0) is 9.97. The first kappa shape index (κ1) is 8.39. The number of rotatable bonds is 0. The minimum absolute atomic E-state index is 0.613. The molecular weight excluding hydrogens is 176 g/mol. The van der Waals surface area contributed by atoms with Crippen LogP contribution in [0.5, 0.6) is 0 Å². The predicted molar refractivity (Wildman–Crippen MR) is 54.4 cm³/mol. The monoisotopic (exact) mass is 184 g/mol. The summed E-state index contributed by atoms with van der Waals surface area (Å²) in [7, 11) is 0. The molecular formula is C11H8N2O. The number of hydrogen-bond acceptors (Lipinski definition) is 1. The summed E-state index contributed by atoms with van der Waals surface area (Å²) in [5.41, 5.74) is 6.75. The number of aromatic amines is 1. The molecule has 3 heteroatoms. The van der Waals surface area contributed by atoms with Crippen LogP contribution in [-0.2, 0) is 4.79 Å². The number of fused-ring (bicyclic) bond motifs is 1. The third-order valence-electron chi connectivity index (χ3n) is 1.92. The standard InChI is InChI=1S/C11H8N2O/c12-11(14)5-4-8-2-1-3-10-9(8)6-7-13-10/h1-3,6-7,13H,(H2,12,14). The second kappa shape index (κ2) is 3.27. The van der Waals surface area contributed by atoms with Crippen molar-refractivity contribution in [3.63, 3.8) is 0 Å². The zero-order valence-electron chi connectivity index (χ0n) is 7.37. The lowest BCUT2D eigenvalue weighted by Gasteiger charge is -1.92. The van der Waals surface area contributed by atoms with Crippen molar-refractivity contribution in [3.05, 3.63) is 36.0 Å². The molecule has 0 atom stereocenters. The number of carbonyl (C=O) groups is 1. The van der Waals surface area contributed by atoms with Crippen molar-refractivity contribution in [2.24, 2.45) is 5.73 Å². The van der Waals surface area contributed by atoms with Gasteiger partial charge >= 0.3 is 0 Å². The molecule has 0 aliphatic rings. The van der Waals surface area contributed by atoms with Gasteiger partial charge in [0.25, 0.3) is 5.91 Å². The van der Waals surface area contributed by atoms with Gasteiger partial charge in [-0.15, -0.1) is 0 Å². The van der Waals surface area contributed by atoms with E-state index in [1.807, 2.05) is 30.5 Å². The third kappa shape index (κ3) is 1.46. The van der Waals surface area contributed by atoms with Gasteiger partial charge in [-0.2, -0.15) is 0 Å². The number of nitrogens with one attached hydrogen (secondary N) is 1. The second-order valence-electron chi connectivity index (χ2n) is 2.86. The van der Waals surface area contributed by atoms with Crippen molar-refractivity contribution in [1.82, 2.24) is 4.98 Å². The Morgan fingerprint density at radius 3 is 3.00 bits per heavy atom. The first-order valence-electron chi connectivity index (χ1n) is 4.15. The van der Waals surface area contributed by atoms with E-state index in [9.17, 15) is 4.79 Å². The Morgan fingerprint density at radius 1 is 1.36 bits per heavy atom. The maximum Gasteiger partial charge on any atom is 0.293 e. The molecule has 0 radical (unpaired) electrons. The summed E-state index contributed by atoms with van der Waals surface area (Å²) < 4.78 is 0. The van der Waals surface area contributed by atoms with Crippen LogP contribution in [-0.4, -0.2) is 10.9 Å². The molecule has 0 bridgehead atoms. The van der Waals surface area contributed by atoms with Gasteiger partial charge in [-0.05, 0) is 18.2 Å². The number of primary amides is 1. The fourth-order valence-corrected chi connectivity index (χ4v) is 1.32. The molecule has 1 heterocycles. The van der Waals surface area contributed by atoms with Crippen LogP contribution >= 0.6 is 0 Å². The largest absolute Gasteiger partial charge is 0.361 e. The molecule has 1 aromatic heterocycles. The molecule has 0 fully saturated rings. The van der Waals surface area contributed by atoms with Gasteiger partial charge in [0, 0.05) is 28.6 Å². The van der Waals surface area contributed by atoms with Gasteiger partial charge in [0.1, 0.15) is 0 Å². The van der Waals surface area contributed by atoms with Crippen molar-refractivity contribution in [2.45, 2.75) is 0 Å². The number of H-pyrrole nitrogens is 1. The van der Waals surface area contributed by atoms with E-state index in [0.29, 0.717) is 0 Å². The Balaban J connectivity index is 2.58. The van der Waals surface area contributed by atoms with Crippen LogP contribution in [0.4, 0.5) is 0 Å². The van der Waals surface area contributed by atoms with Crippen molar-refractivity contribution in [3.8, 4) is 11.8 Å². The summed E-state index contributed by atoms with van der Waals surface area (Å²) in [4.78, 5) is 13.6. The van der Waals surface area contributed by atoms with E-state index < -0.39 is 5.91 Å². The molecule has 0 aliphatic carbocycles. The summed E-state index contributed by atoms with van der Waals surface area (Å²) in [6.45, 7) is 0. The fraction of sp³-hybridized carbons (Fsp3) is 0. The van der Waals surface area contributed by atoms with Crippen molar-refractivity contribution < 1.29 is 4.79 Å². The van der Waals surface area contributed by atoms with Gasteiger partial charge in [0.05, 0.1) is 0 Å². The molecule has 0 aliphatic heterocycles. The molecule has 3 nitrogen and oxygen atoms in total. The average molecular weight is 184 g/mol. The van der Waals surface area contributed by atoms with E-state index in [1.165, 1.54) is 0 Å². The molecule has 0 saturated heterocycles. The number of hydrogen-bond donors (Lipinski definition) is 2. The van der Waals surface area contributed by atoms with Gasteiger partial charge < -0.3 is 10.7 Å². The smallest absolute Gasteiger partial charge is 0.293 e. The van der Waals surface area contributed by atoms with Gasteiger partial charge in [-0.3, -0.25) is 4.79 Å². The van der Waals surface area contributed by atoms with Crippen LogP contribution < -0.4 is 5.73 Å². The SMILES string of the molecule is NC(=O)C#Cc1cccc2[nH]ccc12. The Kier molecular flexibility index (Phi) is 1.96. The van der Waals surface area contributed by atoms with Crippen molar-refractivity contribution >= 4 is 16.8 Å². The van der Waals surface area contributed by atoms with E-state index in [-0.39, 0.29) is 0 Å². The highest BCUT2D eigenvalue weighted by molar-refractivity contribution is 5.94. The zero-order valence-corrected chi connectivity index (χ0v) is 7.37. The van der Waals surface area contributed by atoms with Crippen LogP contribution in [0, 0.1) is 11.8 Å². The molecule has 1 aromatic carbocycles. The minimum Gasteiger partial charge on any atom is -0.361 e. The molecule has 2 aromatic rings. The summed E-state index contributed by atoms with van der Waals surface area (Å²) in [5.74, 6) is 4.43. The number of amides is 1. The van der Waals surface area contributed by atoms with E-state index in [1.54, 1.807) is 0 Å². The van der Waals surface area contributed by atoms with Gasteiger partial charge in [-0.25, -0.2) is 0 Å². The summed E-state index contributed by atoms with van der Waals surface area (Å²) in [6.07, 6.45) is 1.83. The van der Waals surface area contributed by atoms with Gasteiger partial charge in [0.2, 0.25) is 0 Å². The molecule has 3 N–H and O–H groups in total. The van der Waals surface area contributed by atoms with Crippen molar-refractivity contribution in [2.75, 3.05) is 0 Å². The summed E-state index contributed by atoms with van der Waals surface area (Å²) in [6, 6.07) is 7.60. The molecule has 1 amide bonds. The normalized spacial score (nSPS) is 9.43. The van der Waals surface area contributed by atoms with Gasteiger partial charge in [-0.1, -0.05) is 12.0 Å². The van der Waals surface area contributed by atoms with E-state index in [4.69, 9.17) is 5.73 Å². The number of carbonyl (C=O) groups excluding carboxylic acids is 1. The third-order valence-corrected chi connectivity index (χ3v) is 1.92. The van der Waals surface area contributed by atoms with E-state index in [0.717, 1.165) is 16.5 Å². The highest BCUT2D eigenvalue weighted by atomic mass is 16.1. The van der Waals surface area contributed by atoms with E-state index in [2.05, 4.69) is 16.8 Å². The van der Waals surface area contributed by atoms with Crippen LogP contribution in [0.3, 0.4) is 0 Å². The topological polar surface area (TPSA) is 58.9 Å². The van der Waals surface area contributed by atoms with Gasteiger partial charge in [0.15, 0.2) is 0 Å². The maximum atomic E-state index is 10.5. The lowest BCUT2D eigenvalue weighted by atomic mass is 10.1. The molecule has 14 heavy (non-hydrogen) atoms. The molecule has 2 rings (SSSR count). The minimum atomic E-state index is -0.613. The Bertz CT molecular complexity index is 543. The Hall–Kier alpha value is -2.21. The van der Waals surface area contributed by atoms with Crippen LogP contribution in [0.2, 0.25) is 0 Å². The Labute approximate surface area is 80.9 Å². The molecule has 0 spiro atoms. The first-order chi connectivity index (χ1) is 6.77. The predicted octanol–water partition coefficient (Wildman–Crippen LogP) is 1.00. The second-order valence-corrected chi connectivity index (χ2v) is 2.86. The highest BCUT2D eigenvalue weighted by Crippen LogP contribution is 2.15. The number of benzene rings is 1. The van der Waals surface area contributed by atoms with Crippen LogP contribution in [0.15, 0.2) is 30.5 Å². The quantitative estimate of drug-likeness (QED) is 0.590. The maximum absolute atomic E-state index is 10.5. The number of aromatic nitrogens is 1. The average Bonchev–Trinajstić information content (AvgIpc) is 2.62. The highest BCUT2D eigenvalue weighted by Gasteiger charge is 1.97. The van der Waals surface area contributed by atoms with Crippen LogP contribution in [0.1, 0.15) is 5.56 Å². The molecule has 0 unspecified atom stereocenters. The van der Waals surface area contributed by atoms with Crippen LogP contribution in [0.25, 0.3) is 10.9 Å². The Morgan fingerprint density at radius 2 is 2.21 bits per heavy atom. The summed E-state index contributed by atoms with van der Waals surface area (Å²) >= 11 is 0. The molecule has 68 valence electrons.